The fourth-order valence-corrected chi connectivity index (χ4v) is 6.37. The number of rotatable bonds is 6. The number of fused-ring (bicyclic) bond motifs is 1. The van der Waals surface area contributed by atoms with Crippen molar-refractivity contribution in [2.24, 2.45) is 5.41 Å². The van der Waals surface area contributed by atoms with Gasteiger partial charge in [-0.25, -0.2) is 0 Å². The highest BCUT2D eigenvalue weighted by molar-refractivity contribution is 6.30. The van der Waals surface area contributed by atoms with Crippen LogP contribution in [0.2, 0.25) is 5.02 Å². The van der Waals surface area contributed by atoms with Gasteiger partial charge >= 0.3 is 5.97 Å². The standard InChI is InChI=1S/C37H43ClN4O5.ClH/c1-24-9-6-7-10-28(24)34(44)39-27-13-14-29(25(2)21-27)35(45)42-16-8-11-32(30-22-26(38)12-15-31(30)42)47-33(43)23-40-17-19-41(20-18-40)36(46)37(3,4)5;/h6-7,9-10,12-15,21-22,32H,8,11,16-20,23H2,1-5H3,(H,39,44);1H. The SMILES string of the molecule is Cc1ccccc1C(=O)Nc1ccc(C(=O)N2CCCC(OC(=O)CN3CCN(C(=O)C(C)(C)C)CC3)c3cc(Cl)ccc32)c(C)c1.Cl. The molecule has 48 heavy (non-hydrogen) atoms. The Morgan fingerprint density at radius 2 is 1.58 bits per heavy atom. The average molecular weight is 696 g/mol. The van der Waals surface area contributed by atoms with E-state index < -0.39 is 11.5 Å². The van der Waals surface area contributed by atoms with E-state index in [0.717, 1.165) is 11.1 Å². The summed E-state index contributed by atoms with van der Waals surface area (Å²) >= 11 is 6.42. The second-order valence-corrected chi connectivity index (χ2v) is 13.8. The van der Waals surface area contributed by atoms with Crippen LogP contribution in [0.4, 0.5) is 11.4 Å². The van der Waals surface area contributed by atoms with E-state index in [2.05, 4.69) is 5.32 Å². The molecule has 9 nitrogen and oxygen atoms in total. The van der Waals surface area contributed by atoms with Crippen LogP contribution in [0.25, 0.3) is 0 Å². The predicted molar refractivity (Wildman–Crippen MR) is 191 cm³/mol. The topological polar surface area (TPSA) is 99.3 Å². The van der Waals surface area contributed by atoms with Crippen LogP contribution in [0.3, 0.4) is 0 Å². The number of carbonyl (C=O) groups is 4. The Morgan fingerprint density at radius 3 is 2.25 bits per heavy atom. The molecule has 1 atom stereocenters. The largest absolute Gasteiger partial charge is 0.456 e. The number of benzene rings is 3. The molecular formula is C37H44Cl2N4O5. The second-order valence-electron chi connectivity index (χ2n) is 13.4. The smallest absolute Gasteiger partial charge is 0.320 e. The first-order chi connectivity index (χ1) is 22.3. The number of ether oxygens (including phenoxy) is 1. The van der Waals surface area contributed by atoms with Crippen molar-refractivity contribution < 1.29 is 23.9 Å². The van der Waals surface area contributed by atoms with E-state index in [1.807, 2.05) is 62.6 Å². The fraction of sp³-hybridized carbons (Fsp3) is 0.405. The molecule has 1 fully saturated rings. The van der Waals surface area contributed by atoms with Crippen LogP contribution in [0.5, 0.6) is 0 Å². The maximum atomic E-state index is 14.0. The van der Waals surface area contributed by atoms with Gasteiger partial charge in [-0.05, 0) is 80.3 Å². The maximum Gasteiger partial charge on any atom is 0.320 e. The molecule has 3 aromatic carbocycles. The number of esters is 1. The Bertz CT molecular complexity index is 1680. The van der Waals surface area contributed by atoms with Crippen LogP contribution in [0, 0.1) is 19.3 Å². The number of amides is 3. The van der Waals surface area contributed by atoms with Crippen molar-refractivity contribution in [2.75, 3.05) is 49.5 Å². The molecule has 0 radical (unpaired) electrons. The van der Waals surface area contributed by atoms with Gasteiger partial charge in [-0.15, -0.1) is 12.4 Å². The van der Waals surface area contributed by atoms with Gasteiger partial charge in [-0.3, -0.25) is 24.1 Å². The van der Waals surface area contributed by atoms with Crippen molar-refractivity contribution in [3.05, 3.63) is 93.5 Å². The summed E-state index contributed by atoms with van der Waals surface area (Å²) in [5.74, 6) is -0.631. The molecule has 2 heterocycles. The summed E-state index contributed by atoms with van der Waals surface area (Å²) in [6.45, 7) is 12.4. The average Bonchev–Trinajstić information content (AvgIpc) is 3.19. The molecule has 0 saturated carbocycles. The molecule has 5 rings (SSSR count). The van der Waals surface area contributed by atoms with Crippen molar-refractivity contribution >= 4 is 59.1 Å². The molecule has 0 spiro atoms. The third-order valence-corrected chi connectivity index (χ3v) is 8.99. The lowest BCUT2D eigenvalue weighted by atomic mass is 9.94. The van der Waals surface area contributed by atoms with Gasteiger partial charge in [0.2, 0.25) is 5.91 Å². The Morgan fingerprint density at radius 1 is 0.875 bits per heavy atom. The zero-order chi connectivity index (χ0) is 33.9. The fourth-order valence-electron chi connectivity index (χ4n) is 6.19. The lowest BCUT2D eigenvalue weighted by molar-refractivity contribution is -0.152. The quantitative estimate of drug-likeness (QED) is 0.284. The highest BCUT2D eigenvalue weighted by Gasteiger charge is 2.33. The first kappa shape index (κ1) is 36.9. The van der Waals surface area contributed by atoms with Crippen molar-refractivity contribution in [1.82, 2.24) is 9.80 Å². The van der Waals surface area contributed by atoms with Crippen LogP contribution in [-0.2, 0) is 14.3 Å². The number of halogens is 2. The zero-order valence-electron chi connectivity index (χ0n) is 28.2. The Labute approximate surface area is 294 Å². The molecule has 2 aliphatic rings. The Hall–Kier alpha value is -3.92. The minimum atomic E-state index is -0.558. The van der Waals surface area contributed by atoms with E-state index in [4.69, 9.17) is 16.3 Å². The number of piperazine rings is 1. The summed E-state index contributed by atoms with van der Waals surface area (Å²) in [5, 5.41) is 3.43. The molecule has 1 N–H and O–H groups in total. The lowest BCUT2D eigenvalue weighted by Crippen LogP contribution is -2.52. The van der Waals surface area contributed by atoms with Gasteiger partial charge in [0.05, 0.1) is 12.2 Å². The van der Waals surface area contributed by atoms with Gasteiger partial charge in [0, 0.05) is 65.5 Å². The third-order valence-electron chi connectivity index (χ3n) is 8.75. The van der Waals surface area contributed by atoms with Gasteiger partial charge in [0.25, 0.3) is 11.8 Å². The number of nitrogens with zero attached hydrogens (tertiary/aromatic N) is 3. The van der Waals surface area contributed by atoms with Crippen LogP contribution in [0.1, 0.15) is 77.1 Å². The summed E-state index contributed by atoms with van der Waals surface area (Å²) in [6, 6.07) is 18.0. The minimum Gasteiger partial charge on any atom is -0.456 e. The molecule has 2 aliphatic heterocycles. The van der Waals surface area contributed by atoms with E-state index in [9.17, 15) is 19.2 Å². The highest BCUT2D eigenvalue weighted by atomic mass is 35.5. The van der Waals surface area contributed by atoms with Crippen molar-refractivity contribution in [1.29, 1.82) is 0 Å². The monoisotopic (exact) mass is 694 g/mol. The Balaban J connectivity index is 0.00000520. The van der Waals surface area contributed by atoms with E-state index in [1.165, 1.54) is 0 Å². The summed E-state index contributed by atoms with van der Waals surface area (Å²) in [6.07, 6.45) is 0.602. The molecule has 0 aliphatic carbocycles. The van der Waals surface area contributed by atoms with Gasteiger partial charge < -0.3 is 19.9 Å². The molecule has 1 saturated heterocycles. The normalized spacial score (nSPS) is 16.7. The summed E-state index contributed by atoms with van der Waals surface area (Å²) in [5.41, 5.74) is 4.22. The lowest BCUT2D eigenvalue weighted by Gasteiger charge is -2.37. The number of hydrogen-bond acceptors (Lipinski definition) is 6. The van der Waals surface area contributed by atoms with Gasteiger partial charge in [-0.2, -0.15) is 0 Å². The number of hydrogen-bond donors (Lipinski definition) is 1. The first-order valence-corrected chi connectivity index (χ1v) is 16.5. The van der Waals surface area contributed by atoms with Crippen molar-refractivity contribution in [2.45, 2.75) is 53.6 Å². The van der Waals surface area contributed by atoms with Crippen LogP contribution >= 0.6 is 24.0 Å². The number of anilines is 2. The predicted octanol–water partition coefficient (Wildman–Crippen LogP) is 6.85. The van der Waals surface area contributed by atoms with Crippen molar-refractivity contribution in [3.8, 4) is 0 Å². The molecule has 3 aromatic rings. The number of nitrogens with one attached hydrogen (secondary N) is 1. The van der Waals surface area contributed by atoms with E-state index in [-0.39, 0.29) is 42.6 Å². The third kappa shape index (κ3) is 8.56. The van der Waals surface area contributed by atoms with Crippen LogP contribution in [0.15, 0.2) is 60.7 Å². The Kier molecular flexibility index (Phi) is 11.9. The van der Waals surface area contributed by atoms with Gasteiger partial charge in [-0.1, -0.05) is 50.6 Å². The molecule has 0 aromatic heterocycles. The van der Waals surface area contributed by atoms with Gasteiger partial charge in [0.1, 0.15) is 6.10 Å². The number of carbonyl (C=O) groups excluding carboxylic acids is 4. The summed E-state index contributed by atoms with van der Waals surface area (Å²) < 4.78 is 6.04. The van der Waals surface area contributed by atoms with E-state index in [1.54, 1.807) is 47.4 Å². The summed E-state index contributed by atoms with van der Waals surface area (Å²) in [7, 11) is 0. The molecule has 1 unspecified atom stereocenters. The maximum absolute atomic E-state index is 14.0. The first-order valence-electron chi connectivity index (χ1n) is 16.1. The molecule has 11 heteroatoms. The molecule has 3 amide bonds. The highest BCUT2D eigenvalue weighted by Crippen LogP contribution is 2.38. The number of aryl methyl sites for hydroxylation is 2. The zero-order valence-corrected chi connectivity index (χ0v) is 29.7. The second kappa shape index (κ2) is 15.5. The van der Waals surface area contributed by atoms with E-state index in [0.29, 0.717) is 78.7 Å². The molecule has 256 valence electrons. The minimum absolute atomic E-state index is 0. The summed E-state index contributed by atoms with van der Waals surface area (Å²) in [4.78, 5) is 58.3. The van der Waals surface area contributed by atoms with Crippen LogP contribution < -0.4 is 10.2 Å². The molecular weight excluding hydrogens is 651 g/mol. The van der Waals surface area contributed by atoms with Crippen molar-refractivity contribution in [3.63, 3.8) is 0 Å². The molecule has 0 bridgehead atoms. The van der Waals surface area contributed by atoms with Crippen LogP contribution in [-0.4, -0.2) is 72.8 Å². The van der Waals surface area contributed by atoms with E-state index >= 15 is 0 Å². The van der Waals surface area contributed by atoms with Gasteiger partial charge in [0.15, 0.2) is 0 Å².